The first kappa shape index (κ1) is 15.4. The summed E-state index contributed by atoms with van der Waals surface area (Å²) in [4.78, 5) is 2.06. The fraction of sp³-hybridized carbons (Fsp3) is 0.333. The van der Waals surface area contributed by atoms with Crippen LogP contribution in [0.5, 0.6) is 11.5 Å². The molecular weight excluding hydrogens is 260 g/mol. The van der Waals surface area contributed by atoms with Gasteiger partial charge in [0.05, 0.1) is 0 Å². The first-order chi connectivity index (χ1) is 10.1. The number of nitrogens with zero attached hydrogens (tertiary/aromatic N) is 1. The summed E-state index contributed by atoms with van der Waals surface area (Å²) in [6, 6.07) is 16.4. The van der Waals surface area contributed by atoms with Crippen LogP contribution in [0, 0.1) is 0 Å². The Morgan fingerprint density at radius 2 is 1.76 bits per heavy atom. The van der Waals surface area contributed by atoms with Crippen molar-refractivity contribution in [2.75, 3.05) is 19.0 Å². The molecule has 3 nitrogen and oxygen atoms in total. The van der Waals surface area contributed by atoms with Gasteiger partial charge >= 0.3 is 0 Å². The summed E-state index contributed by atoms with van der Waals surface area (Å²) >= 11 is 0. The molecule has 0 fully saturated rings. The highest BCUT2D eigenvalue weighted by molar-refractivity contribution is 5.50. The fourth-order valence-corrected chi connectivity index (χ4v) is 2.10. The highest BCUT2D eigenvalue weighted by Crippen LogP contribution is 2.25. The maximum absolute atomic E-state index is 5.98. The Kier molecular flexibility index (Phi) is 5.23. The molecule has 0 saturated carbocycles. The molecule has 0 radical (unpaired) electrons. The van der Waals surface area contributed by atoms with Gasteiger partial charge in [-0.3, -0.25) is 0 Å². The monoisotopic (exact) mass is 284 g/mol. The largest absolute Gasteiger partial charge is 0.457 e. The number of ether oxygens (including phenoxy) is 1. The lowest BCUT2D eigenvalue weighted by Crippen LogP contribution is -2.21. The quantitative estimate of drug-likeness (QED) is 0.876. The van der Waals surface area contributed by atoms with Crippen LogP contribution in [-0.4, -0.2) is 20.1 Å². The van der Waals surface area contributed by atoms with E-state index in [1.807, 2.05) is 44.4 Å². The Hall–Kier alpha value is -2.00. The van der Waals surface area contributed by atoms with Crippen molar-refractivity contribution in [3.05, 3.63) is 54.1 Å². The summed E-state index contributed by atoms with van der Waals surface area (Å²) < 4.78 is 5.90. The van der Waals surface area contributed by atoms with E-state index in [0.717, 1.165) is 30.0 Å². The van der Waals surface area contributed by atoms with E-state index in [-0.39, 0.29) is 6.04 Å². The second kappa shape index (κ2) is 7.14. The van der Waals surface area contributed by atoms with E-state index < -0.39 is 0 Å². The van der Waals surface area contributed by atoms with Gasteiger partial charge in [0.1, 0.15) is 11.5 Å². The number of hydrogen-bond donors (Lipinski definition) is 1. The molecule has 1 unspecified atom stereocenters. The van der Waals surface area contributed by atoms with E-state index in [9.17, 15) is 0 Å². The van der Waals surface area contributed by atoms with Gasteiger partial charge in [0.2, 0.25) is 0 Å². The highest BCUT2D eigenvalue weighted by atomic mass is 16.5. The van der Waals surface area contributed by atoms with Gasteiger partial charge in [-0.15, -0.1) is 0 Å². The molecular formula is C18H24N2O. The lowest BCUT2D eigenvalue weighted by Gasteiger charge is -2.14. The van der Waals surface area contributed by atoms with E-state index in [2.05, 4.69) is 30.0 Å². The zero-order valence-corrected chi connectivity index (χ0v) is 13.0. The summed E-state index contributed by atoms with van der Waals surface area (Å²) in [5, 5.41) is 0. The lowest BCUT2D eigenvalue weighted by atomic mass is 10.0. The molecule has 1 atom stereocenters. The Balaban J connectivity index is 2.04. The van der Waals surface area contributed by atoms with Crippen LogP contribution in [0.25, 0.3) is 0 Å². The second-order valence-corrected chi connectivity index (χ2v) is 5.51. The van der Waals surface area contributed by atoms with Gasteiger partial charge in [-0.1, -0.05) is 25.1 Å². The van der Waals surface area contributed by atoms with Crippen LogP contribution < -0.4 is 15.4 Å². The summed E-state index contributed by atoms with van der Waals surface area (Å²) in [6.45, 7) is 2.11. The highest BCUT2D eigenvalue weighted by Gasteiger charge is 2.03. The minimum atomic E-state index is 0.230. The average Bonchev–Trinajstić information content (AvgIpc) is 2.49. The van der Waals surface area contributed by atoms with Crippen molar-refractivity contribution in [3.63, 3.8) is 0 Å². The molecule has 0 aliphatic rings. The van der Waals surface area contributed by atoms with Gasteiger partial charge in [-0.25, -0.2) is 0 Å². The maximum atomic E-state index is 5.98. The third-order valence-corrected chi connectivity index (χ3v) is 3.52. The third kappa shape index (κ3) is 4.50. The molecule has 0 aliphatic heterocycles. The van der Waals surface area contributed by atoms with Crippen LogP contribution in [0.2, 0.25) is 0 Å². The van der Waals surface area contributed by atoms with Gasteiger partial charge in [-0.2, -0.15) is 0 Å². The van der Waals surface area contributed by atoms with Gasteiger partial charge in [-0.05, 0) is 42.7 Å². The van der Waals surface area contributed by atoms with Crippen molar-refractivity contribution in [1.82, 2.24) is 0 Å². The number of nitrogens with two attached hydrogens (primary N) is 1. The standard InChI is InChI=1S/C18H24N2O/c1-4-15(19)12-14-8-10-17(11-9-14)21-18-7-5-6-16(13-18)20(2)3/h5-11,13,15H,4,12,19H2,1-3H3. The van der Waals surface area contributed by atoms with Crippen molar-refractivity contribution in [1.29, 1.82) is 0 Å². The first-order valence-electron chi connectivity index (χ1n) is 7.38. The Bertz CT molecular complexity index is 564. The zero-order valence-electron chi connectivity index (χ0n) is 13.0. The Morgan fingerprint density at radius 1 is 1.05 bits per heavy atom. The third-order valence-electron chi connectivity index (χ3n) is 3.52. The summed E-state index contributed by atoms with van der Waals surface area (Å²) in [7, 11) is 4.04. The molecule has 112 valence electrons. The Morgan fingerprint density at radius 3 is 2.38 bits per heavy atom. The van der Waals surface area contributed by atoms with E-state index >= 15 is 0 Å². The summed E-state index contributed by atoms with van der Waals surface area (Å²) in [6.07, 6.45) is 1.91. The SMILES string of the molecule is CCC(N)Cc1ccc(Oc2cccc(N(C)C)c2)cc1. The van der Waals surface area contributed by atoms with E-state index in [4.69, 9.17) is 10.5 Å². The number of benzene rings is 2. The minimum Gasteiger partial charge on any atom is -0.457 e. The van der Waals surface area contributed by atoms with Crippen LogP contribution >= 0.6 is 0 Å². The zero-order chi connectivity index (χ0) is 15.2. The van der Waals surface area contributed by atoms with Gasteiger partial charge in [0.15, 0.2) is 0 Å². The van der Waals surface area contributed by atoms with Crippen molar-refractivity contribution in [2.45, 2.75) is 25.8 Å². The van der Waals surface area contributed by atoms with Crippen molar-refractivity contribution in [3.8, 4) is 11.5 Å². The lowest BCUT2D eigenvalue weighted by molar-refractivity contribution is 0.482. The number of rotatable bonds is 6. The van der Waals surface area contributed by atoms with Gasteiger partial charge in [0, 0.05) is 31.9 Å². The van der Waals surface area contributed by atoms with E-state index in [1.165, 1.54) is 5.56 Å². The molecule has 0 aliphatic carbocycles. The van der Waals surface area contributed by atoms with Gasteiger partial charge in [0.25, 0.3) is 0 Å². The molecule has 0 spiro atoms. The van der Waals surface area contributed by atoms with Crippen LogP contribution in [0.1, 0.15) is 18.9 Å². The smallest absolute Gasteiger partial charge is 0.129 e. The normalized spacial score (nSPS) is 12.0. The summed E-state index contributed by atoms with van der Waals surface area (Å²) in [5.41, 5.74) is 8.35. The Labute approximate surface area is 127 Å². The predicted octanol–water partition coefficient (Wildman–Crippen LogP) is 3.82. The van der Waals surface area contributed by atoms with Crippen molar-refractivity contribution >= 4 is 5.69 Å². The molecule has 2 aromatic carbocycles. The predicted molar refractivity (Wildman–Crippen MR) is 89.3 cm³/mol. The molecule has 3 heteroatoms. The van der Waals surface area contributed by atoms with Crippen molar-refractivity contribution < 1.29 is 4.74 Å². The van der Waals surface area contributed by atoms with Crippen LogP contribution in [-0.2, 0) is 6.42 Å². The van der Waals surface area contributed by atoms with Crippen LogP contribution in [0.4, 0.5) is 5.69 Å². The molecule has 2 rings (SSSR count). The molecule has 2 N–H and O–H groups in total. The number of anilines is 1. The average molecular weight is 284 g/mol. The molecule has 21 heavy (non-hydrogen) atoms. The first-order valence-corrected chi connectivity index (χ1v) is 7.38. The molecule has 0 bridgehead atoms. The molecule has 0 amide bonds. The van der Waals surface area contributed by atoms with Crippen LogP contribution in [0.15, 0.2) is 48.5 Å². The topological polar surface area (TPSA) is 38.5 Å². The minimum absolute atomic E-state index is 0.230. The molecule has 0 saturated heterocycles. The second-order valence-electron chi connectivity index (χ2n) is 5.51. The maximum Gasteiger partial charge on any atom is 0.129 e. The van der Waals surface area contributed by atoms with Gasteiger partial charge < -0.3 is 15.4 Å². The van der Waals surface area contributed by atoms with E-state index in [0.29, 0.717) is 0 Å². The van der Waals surface area contributed by atoms with Crippen molar-refractivity contribution in [2.24, 2.45) is 5.73 Å². The number of hydrogen-bond acceptors (Lipinski definition) is 3. The van der Waals surface area contributed by atoms with E-state index in [1.54, 1.807) is 0 Å². The molecule has 2 aromatic rings. The fourth-order valence-electron chi connectivity index (χ4n) is 2.10. The molecule has 0 aromatic heterocycles. The van der Waals surface area contributed by atoms with Crippen LogP contribution in [0.3, 0.4) is 0 Å². The summed E-state index contributed by atoms with van der Waals surface area (Å²) in [5.74, 6) is 1.69. The molecule has 0 heterocycles.